The average Bonchev–Trinajstić information content (AvgIpc) is 2.68. The van der Waals surface area contributed by atoms with E-state index in [1.807, 2.05) is 6.07 Å². The molecule has 1 aliphatic rings. The lowest BCUT2D eigenvalue weighted by molar-refractivity contribution is -0.114. The molecule has 1 heterocycles. The number of carbonyl (C=O) groups is 1. The second-order valence-electron chi connectivity index (χ2n) is 6.70. The van der Waals surface area contributed by atoms with Crippen molar-refractivity contribution in [3.63, 3.8) is 0 Å². The van der Waals surface area contributed by atoms with Crippen LogP contribution in [0.5, 0.6) is 0 Å². The molecule has 0 saturated carbocycles. The summed E-state index contributed by atoms with van der Waals surface area (Å²) in [5, 5.41) is 0. The molecule has 2 aromatic carbocycles. The van der Waals surface area contributed by atoms with Gasteiger partial charge in [0.2, 0.25) is 0 Å². The van der Waals surface area contributed by atoms with Crippen LogP contribution in [0.1, 0.15) is 17.5 Å². The summed E-state index contributed by atoms with van der Waals surface area (Å²) < 4.78 is 12.9. The van der Waals surface area contributed by atoms with Gasteiger partial charge in [-0.15, -0.1) is 12.4 Å². The van der Waals surface area contributed by atoms with Gasteiger partial charge < -0.3 is 4.90 Å². The fourth-order valence-corrected chi connectivity index (χ4v) is 3.13. The van der Waals surface area contributed by atoms with Crippen LogP contribution in [0.2, 0.25) is 0 Å². The fourth-order valence-electron chi connectivity index (χ4n) is 3.13. The van der Waals surface area contributed by atoms with Crippen LogP contribution in [0.4, 0.5) is 4.39 Å². The predicted octanol–water partition coefficient (Wildman–Crippen LogP) is 4.04. The van der Waals surface area contributed by atoms with Gasteiger partial charge >= 0.3 is 0 Å². The standard InChI is InChI=1S/C22H25FN2O.ClH/c23-21-9-6-19(7-10-21)8-11-22(26)12-13-24-14-16-25(17-15-24)18-20-4-2-1-3-5-20;/h1-11H,12-18H2;1H. The third kappa shape index (κ3) is 7.25. The number of rotatable bonds is 7. The van der Waals surface area contributed by atoms with Crippen LogP contribution < -0.4 is 0 Å². The van der Waals surface area contributed by atoms with Gasteiger partial charge in [-0.2, -0.15) is 0 Å². The minimum atomic E-state index is -0.264. The van der Waals surface area contributed by atoms with E-state index in [0.29, 0.717) is 6.42 Å². The van der Waals surface area contributed by atoms with Gasteiger partial charge in [0.05, 0.1) is 0 Å². The number of nitrogens with zero attached hydrogens (tertiary/aromatic N) is 2. The van der Waals surface area contributed by atoms with E-state index >= 15 is 0 Å². The second-order valence-corrected chi connectivity index (χ2v) is 6.70. The van der Waals surface area contributed by atoms with Crippen LogP contribution >= 0.6 is 12.4 Å². The van der Waals surface area contributed by atoms with E-state index in [9.17, 15) is 9.18 Å². The Kier molecular flexibility index (Phi) is 8.65. The van der Waals surface area contributed by atoms with Crippen molar-refractivity contribution in [2.75, 3.05) is 32.7 Å². The van der Waals surface area contributed by atoms with Gasteiger partial charge in [0.1, 0.15) is 5.82 Å². The van der Waals surface area contributed by atoms with Crippen molar-refractivity contribution in [1.29, 1.82) is 0 Å². The molecule has 1 aliphatic heterocycles. The van der Waals surface area contributed by atoms with Crippen molar-refractivity contribution in [1.82, 2.24) is 9.80 Å². The van der Waals surface area contributed by atoms with Crippen molar-refractivity contribution in [2.24, 2.45) is 0 Å². The van der Waals surface area contributed by atoms with Gasteiger partial charge in [-0.1, -0.05) is 48.5 Å². The number of hydrogen-bond donors (Lipinski definition) is 0. The molecule has 0 aliphatic carbocycles. The van der Waals surface area contributed by atoms with Gasteiger partial charge in [-0.05, 0) is 29.3 Å². The van der Waals surface area contributed by atoms with Crippen molar-refractivity contribution in [3.8, 4) is 0 Å². The first-order chi connectivity index (χ1) is 12.7. The summed E-state index contributed by atoms with van der Waals surface area (Å²) in [5.74, 6) is -0.152. The van der Waals surface area contributed by atoms with Crippen LogP contribution in [0.3, 0.4) is 0 Å². The molecule has 5 heteroatoms. The van der Waals surface area contributed by atoms with E-state index in [1.165, 1.54) is 17.7 Å². The summed E-state index contributed by atoms with van der Waals surface area (Å²) in [5.41, 5.74) is 2.19. The zero-order valence-electron chi connectivity index (χ0n) is 15.4. The number of allylic oxidation sites excluding steroid dienone is 1. The van der Waals surface area contributed by atoms with Gasteiger partial charge in [0, 0.05) is 45.7 Å². The Hall–Kier alpha value is -2.01. The summed E-state index contributed by atoms with van der Waals surface area (Å²) in [7, 11) is 0. The maximum atomic E-state index is 12.9. The third-order valence-electron chi connectivity index (χ3n) is 4.72. The van der Waals surface area contributed by atoms with E-state index in [1.54, 1.807) is 24.3 Å². The highest BCUT2D eigenvalue weighted by Crippen LogP contribution is 2.09. The van der Waals surface area contributed by atoms with Crippen molar-refractivity contribution in [2.45, 2.75) is 13.0 Å². The summed E-state index contributed by atoms with van der Waals surface area (Å²) in [6.07, 6.45) is 3.87. The number of halogens is 2. The lowest BCUT2D eigenvalue weighted by Gasteiger charge is -2.34. The molecule has 1 saturated heterocycles. The molecule has 0 bridgehead atoms. The smallest absolute Gasteiger partial charge is 0.156 e. The van der Waals surface area contributed by atoms with Gasteiger partial charge in [-0.3, -0.25) is 9.69 Å². The first kappa shape index (κ1) is 21.3. The normalized spacial score (nSPS) is 15.6. The van der Waals surface area contributed by atoms with Crippen LogP contribution in [-0.4, -0.2) is 48.3 Å². The quantitative estimate of drug-likeness (QED) is 0.669. The number of hydrogen-bond acceptors (Lipinski definition) is 3. The molecule has 0 N–H and O–H groups in total. The Balaban J connectivity index is 0.00000261. The highest BCUT2D eigenvalue weighted by Gasteiger charge is 2.17. The largest absolute Gasteiger partial charge is 0.300 e. The van der Waals surface area contributed by atoms with E-state index < -0.39 is 0 Å². The Morgan fingerprint density at radius 1 is 0.926 bits per heavy atom. The lowest BCUT2D eigenvalue weighted by atomic mass is 10.1. The van der Waals surface area contributed by atoms with Crippen LogP contribution in [0.15, 0.2) is 60.7 Å². The molecule has 0 aromatic heterocycles. The Bertz CT molecular complexity index is 726. The van der Waals surface area contributed by atoms with E-state index in [-0.39, 0.29) is 24.0 Å². The first-order valence-corrected chi connectivity index (χ1v) is 9.14. The molecule has 2 aromatic rings. The summed E-state index contributed by atoms with van der Waals surface area (Å²) in [6.45, 7) is 5.87. The third-order valence-corrected chi connectivity index (χ3v) is 4.72. The minimum absolute atomic E-state index is 0. The summed E-state index contributed by atoms with van der Waals surface area (Å²) in [6, 6.07) is 16.7. The number of benzene rings is 2. The van der Waals surface area contributed by atoms with E-state index in [0.717, 1.165) is 44.8 Å². The fraction of sp³-hybridized carbons (Fsp3) is 0.318. The lowest BCUT2D eigenvalue weighted by Crippen LogP contribution is -2.46. The number of carbonyl (C=O) groups excluding carboxylic acids is 1. The first-order valence-electron chi connectivity index (χ1n) is 9.14. The Labute approximate surface area is 166 Å². The molecule has 0 spiro atoms. The molecule has 0 atom stereocenters. The summed E-state index contributed by atoms with van der Waals surface area (Å²) >= 11 is 0. The number of piperazine rings is 1. The molecular formula is C22H26ClFN2O. The van der Waals surface area contributed by atoms with Crippen LogP contribution in [0.25, 0.3) is 6.08 Å². The zero-order chi connectivity index (χ0) is 18.2. The molecule has 0 unspecified atom stereocenters. The Morgan fingerprint density at radius 3 is 2.22 bits per heavy atom. The van der Waals surface area contributed by atoms with Gasteiger partial charge in [0.25, 0.3) is 0 Å². The topological polar surface area (TPSA) is 23.6 Å². The van der Waals surface area contributed by atoms with E-state index in [2.05, 4.69) is 34.1 Å². The minimum Gasteiger partial charge on any atom is -0.300 e. The van der Waals surface area contributed by atoms with Gasteiger partial charge in [-0.25, -0.2) is 4.39 Å². The van der Waals surface area contributed by atoms with Crippen LogP contribution in [-0.2, 0) is 11.3 Å². The molecule has 144 valence electrons. The second kappa shape index (κ2) is 11.0. The highest BCUT2D eigenvalue weighted by atomic mass is 35.5. The molecule has 3 rings (SSSR count). The molecule has 0 radical (unpaired) electrons. The number of ketones is 1. The monoisotopic (exact) mass is 388 g/mol. The van der Waals surface area contributed by atoms with E-state index in [4.69, 9.17) is 0 Å². The molecule has 3 nitrogen and oxygen atoms in total. The maximum Gasteiger partial charge on any atom is 0.156 e. The molecule has 27 heavy (non-hydrogen) atoms. The molecule has 0 amide bonds. The Morgan fingerprint density at radius 2 is 1.56 bits per heavy atom. The highest BCUT2D eigenvalue weighted by molar-refractivity contribution is 5.93. The molecular weight excluding hydrogens is 363 g/mol. The maximum absolute atomic E-state index is 12.9. The van der Waals surface area contributed by atoms with Crippen molar-refractivity contribution >= 4 is 24.3 Å². The predicted molar refractivity (Wildman–Crippen MR) is 110 cm³/mol. The van der Waals surface area contributed by atoms with Crippen LogP contribution in [0, 0.1) is 5.82 Å². The SMILES string of the molecule is Cl.O=C(C=Cc1ccc(F)cc1)CCN1CCN(Cc2ccccc2)CC1. The average molecular weight is 389 g/mol. The zero-order valence-corrected chi connectivity index (χ0v) is 16.2. The van der Waals surface area contributed by atoms with Crippen molar-refractivity contribution < 1.29 is 9.18 Å². The summed E-state index contributed by atoms with van der Waals surface area (Å²) in [4.78, 5) is 16.8. The van der Waals surface area contributed by atoms with Gasteiger partial charge in [0.15, 0.2) is 5.78 Å². The van der Waals surface area contributed by atoms with Crippen molar-refractivity contribution in [3.05, 3.63) is 77.6 Å². The molecule has 1 fully saturated rings.